The Morgan fingerprint density at radius 3 is 2.68 bits per heavy atom. The second-order valence-electron chi connectivity index (χ2n) is 5.70. The van der Waals surface area contributed by atoms with Crippen LogP contribution in [-0.4, -0.2) is 41.1 Å². The molecule has 5 heteroatoms. The van der Waals surface area contributed by atoms with E-state index in [9.17, 15) is 9.59 Å². The van der Waals surface area contributed by atoms with E-state index in [0.29, 0.717) is 12.0 Å². The molecule has 1 fully saturated rings. The van der Waals surface area contributed by atoms with Gasteiger partial charge in [-0.1, -0.05) is 26.7 Å². The van der Waals surface area contributed by atoms with Crippen molar-refractivity contribution >= 4 is 12.0 Å². The first-order valence-corrected chi connectivity index (χ1v) is 7.27. The Kier molecular flexibility index (Phi) is 6.67. The number of hydrogen-bond acceptors (Lipinski definition) is 2. The molecule has 19 heavy (non-hydrogen) atoms. The third-order valence-electron chi connectivity index (χ3n) is 3.50. The molecule has 0 spiro atoms. The first-order valence-electron chi connectivity index (χ1n) is 7.27. The molecule has 1 atom stereocenters. The number of carbonyl (C=O) groups is 2. The van der Waals surface area contributed by atoms with Crippen molar-refractivity contribution in [2.24, 2.45) is 5.92 Å². The molecule has 1 rings (SSSR count). The Labute approximate surface area is 115 Å². The summed E-state index contributed by atoms with van der Waals surface area (Å²) in [4.78, 5) is 24.5. The van der Waals surface area contributed by atoms with Crippen molar-refractivity contribution in [3.63, 3.8) is 0 Å². The van der Waals surface area contributed by atoms with Crippen LogP contribution in [0.5, 0.6) is 0 Å². The van der Waals surface area contributed by atoms with E-state index in [2.05, 4.69) is 19.2 Å². The van der Waals surface area contributed by atoms with Gasteiger partial charge in [0.1, 0.15) is 0 Å². The number of carboxylic acids is 1. The summed E-state index contributed by atoms with van der Waals surface area (Å²) < 4.78 is 0. The Bertz CT molecular complexity index is 305. The van der Waals surface area contributed by atoms with E-state index >= 15 is 0 Å². The third kappa shape index (κ3) is 5.94. The molecule has 0 radical (unpaired) electrons. The molecule has 1 saturated heterocycles. The molecule has 5 nitrogen and oxygen atoms in total. The van der Waals surface area contributed by atoms with Crippen LogP contribution in [0.4, 0.5) is 4.79 Å². The Hall–Kier alpha value is -1.26. The van der Waals surface area contributed by atoms with Crippen molar-refractivity contribution in [3.05, 3.63) is 0 Å². The highest BCUT2D eigenvalue weighted by atomic mass is 16.4. The largest absolute Gasteiger partial charge is 0.481 e. The number of hydrogen-bond donors (Lipinski definition) is 2. The number of rotatable bonds is 5. The molecule has 1 aliphatic heterocycles. The van der Waals surface area contributed by atoms with Gasteiger partial charge in [0.15, 0.2) is 0 Å². The van der Waals surface area contributed by atoms with Crippen LogP contribution >= 0.6 is 0 Å². The van der Waals surface area contributed by atoms with Gasteiger partial charge in [-0.15, -0.1) is 0 Å². The summed E-state index contributed by atoms with van der Waals surface area (Å²) in [5.74, 6) is -0.313. The summed E-state index contributed by atoms with van der Waals surface area (Å²) in [6.45, 7) is 5.34. The zero-order chi connectivity index (χ0) is 14.3. The number of amides is 2. The van der Waals surface area contributed by atoms with Gasteiger partial charge >= 0.3 is 12.0 Å². The number of carbonyl (C=O) groups excluding carboxylic acids is 1. The van der Waals surface area contributed by atoms with E-state index in [1.807, 2.05) is 4.90 Å². The second-order valence-corrected chi connectivity index (χ2v) is 5.70. The fraction of sp³-hybridized carbons (Fsp3) is 0.857. The molecular weight excluding hydrogens is 244 g/mol. The van der Waals surface area contributed by atoms with Crippen molar-refractivity contribution in [3.8, 4) is 0 Å². The highest BCUT2D eigenvalue weighted by Crippen LogP contribution is 2.22. The minimum absolute atomic E-state index is 0.0194. The minimum atomic E-state index is -0.880. The fourth-order valence-electron chi connectivity index (χ4n) is 2.61. The second kappa shape index (κ2) is 8.02. The van der Waals surface area contributed by atoms with Gasteiger partial charge in [-0.25, -0.2) is 4.79 Å². The molecule has 2 amide bonds. The van der Waals surface area contributed by atoms with Crippen LogP contribution < -0.4 is 5.32 Å². The zero-order valence-electron chi connectivity index (χ0n) is 12.0. The van der Waals surface area contributed by atoms with Gasteiger partial charge in [0.2, 0.25) is 0 Å². The topological polar surface area (TPSA) is 69.6 Å². The number of aliphatic carboxylic acids is 1. The van der Waals surface area contributed by atoms with E-state index in [0.717, 1.165) is 25.8 Å². The van der Waals surface area contributed by atoms with Crippen molar-refractivity contribution in [2.45, 2.75) is 58.4 Å². The van der Waals surface area contributed by atoms with Gasteiger partial charge in [-0.05, 0) is 25.2 Å². The Morgan fingerprint density at radius 1 is 1.32 bits per heavy atom. The number of urea groups is 1. The van der Waals surface area contributed by atoms with Crippen molar-refractivity contribution in [1.29, 1.82) is 0 Å². The monoisotopic (exact) mass is 270 g/mol. The average molecular weight is 270 g/mol. The van der Waals surface area contributed by atoms with E-state index in [1.54, 1.807) is 0 Å². The van der Waals surface area contributed by atoms with Gasteiger partial charge in [0.05, 0.1) is 6.42 Å². The molecule has 1 unspecified atom stereocenters. The quantitative estimate of drug-likeness (QED) is 0.806. The zero-order valence-corrected chi connectivity index (χ0v) is 12.0. The fourth-order valence-corrected chi connectivity index (χ4v) is 2.61. The Morgan fingerprint density at radius 2 is 2.05 bits per heavy atom. The smallest absolute Gasteiger partial charge is 0.317 e. The standard InChI is InChI=1S/C14H26N2O3/c1-11(2)10-12-6-4-3-5-9-16(12)14(19)15-8-7-13(17)18/h11-12H,3-10H2,1-2H3,(H,15,19)(H,17,18). The van der Waals surface area contributed by atoms with Crippen LogP contribution in [0.3, 0.4) is 0 Å². The first-order chi connectivity index (χ1) is 9.00. The summed E-state index contributed by atoms with van der Waals surface area (Å²) >= 11 is 0. The molecule has 0 saturated carbocycles. The van der Waals surface area contributed by atoms with Crippen LogP contribution in [0.1, 0.15) is 52.4 Å². The predicted molar refractivity (Wildman–Crippen MR) is 74.1 cm³/mol. The average Bonchev–Trinajstić information content (AvgIpc) is 2.53. The van der Waals surface area contributed by atoms with E-state index in [4.69, 9.17) is 5.11 Å². The predicted octanol–water partition coefficient (Wildman–Crippen LogP) is 2.46. The summed E-state index contributed by atoms with van der Waals surface area (Å²) in [6.07, 6.45) is 5.45. The van der Waals surface area contributed by atoms with Crippen molar-refractivity contribution in [2.75, 3.05) is 13.1 Å². The van der Waals surface area contributed by atoms with Crippen LogP contribution in [0.25, 0.3) is 0 Å². The maximum absolute atomic E-state index is 12.1. The molecular formula is C14H26N2O3. The van der Waals surface area contributed by atoms with E-state index < -0.39 is 5.97 Å². The lowest BCUT2D eigenvalue weighted by atomic mass is 9.99. The normalized spacial score (nSPS) is 20.2. The minimum Gasteiger partial charge on any atom is -0.481 e. The maximum Gasteiger partial charge on any atom is 0.317 e. The highest BCUT2D eigenvalue weighted by molar-refractivity contribution is 5.75. The van der Waals surface area contributed by atoms with Crippen LogP contribution in [0, 0.1) is 5.92 Å². The maximum atomic E-state index is 12.1. The number of nitrogens with one attached hydrogen (secondary N) is 1. The Balaban J connectivity index is 2.52. The first kappa shape index (κ1) is 15.8. The van der Waals surface area contributed by atoms with Crippen molar-refractivity contribution in [1.82, 2.24) is 10.2 Å². The molecule has 1 heterocycles. The number of likely N-dealkylation sites (tertiary alicyclic amines) is 1. The molecule has 110 valence electrons. The van der Waals surface area contributed by atoms with Crippen molar-refractivity contribution < 1.29 is 14.7 Å². The molecule has 2 N–H and O–H groups in total. The molecule has 0 aromatic rings. The van der Waals surface area contributed by atoms with E-state index in [-0.39, 0.29) is 19.0 Å². The van der Waals surface area contributed by atoms with Gasteiger partial charge in [0, 0.05) is 19.1 Å². The lowest BCUT2D eigenvalue weighted by Crippen LogP contribution is -2.46. The summed E-state index contributed by atoms with van der Waals surface area (Å²) in [5, 5.41) is 11.3. The molecule has 0 aliphatic carbocycles. The lowest BCUT2D eigenvalue weighted by Gasteiger charge is -2.31. The molecule has 0 aromatic heterocycles. The lowest BCUT2D eigenvalue weighted by molar-refractivity contribution is -0.136. The highest BCUT2D eigenvalue weighted by Gasteiger charge is 2.25. The molecule has 1 aliphatic rings. The van der Waals surface area contributed by atoms with Gasteiger partial charge in [0.25, 0.3) is 0 Å². The summed E-state index contributed by atoms with van der Waals surface area (Å²) in [7, 11) is 0. The molecule has 0 aromatic carbocycles. The summed E-state index contributed by atoms with van der Waals surface area (Å²) in [6, 6.07) is 0.195. The molecule has 0 bridgehead atoms. The van der Waals surface area contributed by atoms with Crippen LogP contribution in [-0.2, 0) is 4.79 Å². The van der Waals surface area contributed by atoms with Gasteiger partial charge in [-0.3, -0.25) is 4.79 Å². The third-order valence-corrected chi connectivity index (χ3v) is 3.50. The number of nitrogens with zero attached hydrogens (tertiary/aromatic N) is 1. The number of carboxylic acid groups (broad SMARTS) is 1. The van der Waals surface area contributed by atoms with Gasteiger partial charge < -0.3 is 15.3 Å². The van der Waals surface area contributed by atoms with Crippen LogP contribution in [0.15, 0.2) is 0 Å². The van der Waals surface area contributed by atoms with E-state index in [1.165, 1.54) is 12.8 Å². The SMILES string of the molecule is CC(C)CC1CCCCCN1C(=O)NCCC(=O)O. The van der Waals surface area contributed by atoms with Crippen LogP contribution in [0.2, 0.25) is 0 Å². The summed E-state index contributed by atoms with van der Waals surface area (Å²) in [5.41, 5.74) is 0. The van der Waals surface area contributed by atoms with Gasteiger partial charge in [-0.2, -0.15) is 0 Å².